The number of nitrogens with one attached hydrogen (secondary N) is 1. The first-order valence-electron chi connectivity index (χ1n) is 7.74. The zero-order chi connectivity index (χ0) is 16.3. The molecule has 2 rings (SSSR count). The van der Waals surface area contributed by atoms with Crippen LogP contribution in [0.1, 0.15) is 37.6 Å². The van der Waals surface area contributed by atoms with Gasteiger partial charge in [-0.25, -0.2) is 0 Å². The van der Waals surface area contributed by atoms with Gasteiger partial charge in [-0.3, -0.25) is 9.59 Å². The summed E-state index contributed by atoms with van der Waals surface area (Å²) in [4.78, 5) is 26.4. The third kappa shape index (κ3) is 3.47. The summed E-state index contributed by atoms with van der Waals surface area (Å²) >= 11 is 0. The zero-order valence-corrected chi connectivity index (χ0v) is 13.7. The van der Waals surface area contributed by atoms with Crippen LogP contribution in [-0.4, -0.2) is 37.9 Å². The van der Waals surface area contributed by atoms with Crippen molar-refractivity contribution in [2.75, 3.05) is 25.0 Å². The molecule has 5 heteroatoms. The van der Waals surface area contributed by atoms with Crippen molar-refractivity contribution in [3.63, 3.8) is 0 Å². The van der Waals surface area contributed by atoms with Gasteiger partial charge in [0, 0.05) is 24.4 Å². The second kappa shape index (κ2) is 6.92. The molecule has 0 fully saturated rings. The number of fused-ring (bicyclic) bond motifs is 1. The molecule has 0 bridgehead atoms. The van der Waals surface area contributed by atoms with E-state index in [-0.39, 0.29) is 23.7 Å². The molecule has 1 N–H and O–H groups in total. The number of benzene rings is 1. The Kier molecular flexibility index (Phi) is 5.19. The molecule has 0 saturated carbocycles. The number of carbonyl (C=O) groups excluding carboxylic acids is 2. The number of carbonyl (C=O) groups is 2. The van der Waals surface area contributed by atoms with Gasteiger partial charge < -0.3 is 15.0 Å². The lowest BCUT2D eigenvalue weighted by atomic mass is 10.0. The van der Waals surface area contributed by atoms with Crippen LogP contribution in [0.25, 0.3) is 0 Å². The fraction of sp³-hybridized carbons (Fsp3) is 0.529. The van der Waals surface area contributed by atoms with E-state index in [0.29, 0.717) is 36.5 Å². The number of Topliss-reactive ketones (excluding diaryl/α,β-unsaturated/α-hetero) is 1. The summed E-state index contributed by atoms with van der Waals surface area (Å²) in [5, 5.41) is 2.97. The van der Waals surface area contributed by atoms with E-state index in [2.05, 4.69) is 5.32 Å². The molecular formula is C17H24N2O3. The van der Waals surface area contributed by atoms with Crippen molar-refractivity contribution in [2.45, 2.75) is 33.3 Å². The number of ether oxygens (including phenoxy) is 1. The molecule has 1 heterocycles. The van der Waals surface area contributed by atoms with Crippen LogP contribution in [0.3, 0.4) is 0 Å². The minimum Gasteiger partial charge on any atom is -0.487 e. The molecule has 1 amide bonds. The van der Waals surface area contributed by atoms with Gasteiger partial charge in [0.2, 0.25) is 5.91 Å². The SMILES string of the molecule is CNCCC(=O)c1ccc2c(c1)N(C(=O)C(C)C)CC(C)O2. The molecule has 5 nitrogen and oxygen atoms in total. The van der Waals surface area contributed by atoms with Gasteiger partial charge in [0.25, 0.3) is 0 Å². The minimum absolute atomic E-state index is 0.0521. The molecule has 0 spiro atoms. The molecule has 120 valence electrons. The maximum absolute atomic E-state index is 12.4. The van der Waals surface area contributed by atoms with E-state index in [1.807, 2.05) is 27.8 Å². The average molecular weight is 304 g/mol. The van der Waals surface area contributed by atoms with Crippen LogP contribution in [-0.2, 0) is 4.79 Å². The summed E-state index contributed by atoms with van der Waals surface area (Å²) in [7, 11) is 1.82. The second-order valence-electron chi connectivity index (χ2n) is 5.99. The molecule has 0 aliphatic carbocycles. The Morgan fingerprint density at radius 3 is 2.77 bits per heavy atom. The molecule has 1 aliphatic rings. The molecule has 1 unspecified atom stereocenters. The number of anilines is 1. The summed E-state index contributed by atoms with van der Waals surface area (Å²) in [5.74, 6) is 0.684. The third-order valence-corrected chi connectivity index (χ3v) is 3.70. The minimum atomic E-state index is -0.0956. The zero-order valence-electron chi connectivity index (χ0n) is 13.7. The Labute approximate surface area is 131 Å². The normalized spacial score (nSPS) is 17.1. The van der Waals surface area contributed by atoms with Gasteiger partial charge in [0.15, 0.2) is 5.78 Å². The van der Waals surface area contributed by atoms with Gasteiger partial charge in [-0.15, -0.1) is 0 Å². The molecule has 1 aromatic rings. The lowest BCUT2D eigenvalue weighted by Crippen LogP contribution is -2.44. The number of hydrogen-bond donors (Lipinski definition) is 1. The highest BCUT2D eigenvalue weighted by Crippen LogP contribution is 2.35. The highest BCUT2D eigenvalue weighted by Gasteiger charge is 2.29. The molecule has 1 aliphatic heterocycles. The molecule has 0 aromatic heterocycles. The van der Waals surface area contributed by atoms with E-state index in [9.17, 15) is 9.59 Å². The van der Waals surface area contributed by atoms with Gasteiger partial charge >= 0.3 is 0 Å². The molecule has 1 aromatic carbocycles. The molecule has 0 radical (unpaired) electrons. The van der Waals surface area contributed by atoms with E-state index in [4.69, 9.17) is 4.74 Å². The number of amides is 1. The fourth-order valence-electron chi connectivity index (χ4n) is 2.51. The maximum Gasteiger partial charge on any atom is 0.229 e. The molecule has 0 saturated heterocycles. The quantitative estimate of drug-likeness (QED) is 0.848. The predicted octanol–water partition coefficient (Wildman–Crippen LogP) is 2.25. The smallest absolute Gasteiger partial charge is 0.229 e. The van der Waals surface area contributed by atoms with Crippen molar-refractivity contribution in [3.8, 4) is 5.75 Å². The van der Waals surface area contributed by atoms with Crippen LogP contribution in [0.15, 0.2) is 18.2 Å². The van der Waals surface area contributed by atoms with Crippen molar-refractivity contribution in [1.29, 1.82) is 0 Å². The Hall–Kier alpha value is -1.88. The first-order valence-corrected chi connectivity index (χ1v) is 7.74. The van der Waals surface area contributed by atoms with E-state index in [1.165, 1.54) is 0 Å². The van der Waals surface area contributed by atoms with Crippen LogP contribution >= 0.6 is 0 Å². The van der Waals surface area contributed by atoms with Crippen molar-refractivity contribution >= 4 is 17.4 Å². The monoisotopic (exact) mass is 304 g/mol. The summed E-state index contributed by atoms with van der Waals surface area (Å²) in [6.45, 7) is 6.85. The predicted molar refractivity (Wildman–Crippen MR) is 86.6 cm³/mol. The summed E-state index contributed by atoms with van der Waals surface area (Å²) in [6.07, 6.45) is 0.381. The number of rotatable bonds is 5. The van der Waals surface area contributed by atoms with Crippen LogP contribution in [0, 0.1) is 5.92 Å². The average Bonchev–Trinajstić information content (AvgIpc) is 2.50. The van der Waals surface area contributed by atoms with Crippen LogP contribution in [0.2, 0.25) is 0 Å². The van der Waals surface area contributed by atoms with Gasteiger partial charge in [-0.05, 0) is 32.2 Å². The van der Waals surface area contributed by atoms with Gasteiger partial charge in [-0.1, -0.05) is 13.8 Å². The van der Waals surface area contributed by atoms with Crippen molar-refractivity contribution in [3.05, 3.63) is 23.8 Å². The highest BCUT2D eigenvalue weighted by molar-refractivity contribution is 6.01. The lowest BCUT2D eigenvalue weighted by Gasteiger charge is -2.34. The number of hydrogen-bond acceptors (Lipinski definition) is 4. The number of nitrogens with zero attached hydrogens (tertiary/aromatic N) is 1. The van der Waals surface area contributed by atoms with Crippen LogP contribution < -0.4 is 15.0 Å². The highest BCUT2D eigenvalue weighted by atomic mass is 16.5. The summed E-state index contributed by atoms with van der Waals surface area (Å²) in [5.41, 5.74) is 1.32. The first kappa shape index (κ1) is 16.5. The second-order valence-corrected chi connectivity index (χ2v) is 5.99. The van der Waals surface area contributed by atoms with Gasteiger partial charge in [0.05, 0.1) is 12.2 Å². The largest absolute Gasteiger partial charge is 0.487 e. The van der Waals surface area contributed by atoms with E-state index in [0.717, 1.165) is 0 Å². The Morgan fingerprint density at radius 1 is 1.41 bits per heavy atom. The summed E-state index contributed by atoms with van der Waals surface area (Å²) in [6, 6.07) is 5.34. The Morgan fingerprint density at radius 2 is 2.14 bits per heavy atom. The third-order valence-electron chi connectivity index (χ3n) is 3.70. The van der Waals surface area contributed by atoms with E-state index >= 15 is 0 Å². The first-order chi connectivity index (χ1) is 10.4. The Bertz CT molecular complexity index is 569. The van der Waals surface area contributed by atoms with E-state index < -0.39 is 0 Å². The van der Waals surface area contributed by atoms with Crippen LogP contribution in [0.5, 0.6) is 5.75 Å². The Balaban J connectivity index is 2.34. The number of ketones is 1. The fourth-order valence-corrected chi connectivity index (χ4v) is 2.51. The van der Waals surface area contributed by atoms with Crippen LogP contribution in [0.4, 0.5) is 5.69 Å². The van der Waals surface area contributed by atoms with Gasteiger partial charge in [-0.2, -0.15) is 0 Å². The maximum atomic E-state index is 12.4. The van der Waals surface area contributed by atoms with Gasteiger partial charge in [0.1, 0.15) is 11.9 Å². The molecule has 1 atom stereocenters. The van der Waals surface area contributed by atoms with Crippen molar-refractivity contribution < 1.29 is 14.3 Å². The topological polar surface area (TPSA) is 58.6 Å². The van der Waals surface area contributed by atoms with Crippen molar-refractivity contribution in [1.82, 2.24) is 5.32 Å². The molecule has 22 heavy (non-hydrogen) atoms. The summed E-state index contributed by atoms with van der Waals surface area (Å²) < 4.78 is 5.79. The standard InChI is InChI=1S/C17H24N2O3/c1-11(2)17(21)19-10-12(3)22-16-6-5-13(9-14(16)19)15(20)7-8-18-4/h5-6,9,11-12,18H,7-8,10H2,1-4H3. The van der Waals surface area contributed by atoms with Crippen molar-refractivity contribution in [2.24, 2.45) is 5.92 Å². The molecular weight excluding hydrogens is 280 g/mol. The lowest BCUT2D eigenvalue weighted by molar-refractivity contribution is -0.121. The van der Waals surface area contributed by atoms with E-state index in [1.54, 1.807) is 23.1 Å².